The lowest BCUT2D eigenvalue weighted by Crippen LogP contribution is -2.45. The molecule has 1 saturated heterocycles. The Balaban J connectivity index is 1.95. The van der Waals surface area contributed by atoms with Gasteiger partial charge in [0.25, 0.3) is 0 Å². The molecule has 1 aromatic rings. The monoisotopic (exact) mass is 251 g/mol. The zero-order valence-electron chi connectivity index (χ0n) is 11.7. The molecular weight excluding hydrogens is 226 g/mol. The van der Waals surface area contributed by atoms with Crippen molar-refractivity contribution in [1.82, 2.24) is 19.7 Å². The van der Waals surface area contributed by atoms with Crippen LogP contribution < -0.4 is 5.73 Å². The van der Waals surface area contributed by atoms with Crippen LogP contribution in [0.25, 0.3) is 0 Å². The number of hydrogen-bond donors (Lipinski definition) is 1. The predicted molar refractivity (Wildman–Crippen MR) is 71.9 cm³/mol. The lowest BCUT2D eigenvalue weighted by molar-refractivity contribution is 0.152. The predicted octanol–water partition coefficient (Wildman–Crippen LogP) is 1.10. The van der Waals surface area contributed by atoms with E-state index in [-0.39, 0.29) is 0 Å². The molecule has 2 N–H and O–H groups in total. The Bertz CT molecular complexity index is 373. The van der Waals surface area contributed by atoms with E-state index < -0.39 is 0 Å². The second-order valence-corrected chi connectivity index (χ2v) is 5.92. The molecule has 1 fully saturated rings. The van der Waals surface area contributed by atoms with E-state index in [1.54, 1.807) is 6.33 Å². The molecule has 1 aromatic heterocycles. The fourth-order valence-electron chi connectivity index (χ4n) is 2.50. The molecule has 5 heteroatoms. The summed E-state index contributed by atoms with van der Waals surface area (Å²) in [7, 11) is 0. The van der Waals surface area contributed by atoms with E-state index in [0.29, 0.717) is 17.9 Å². The molecule has 2 heterocycles. The van der Waals surface area contributed by atoms with Crippen LogP contribution in [0.15, 0.2) is 6.33 Å². The Kier molecular flexibility index (Phi) is 4.35. The number of rotatable bonds is 4. The molecule has 1 aliphatic heterocycles. The Morgan fingerprint density at radius 3 is 2.94 bits per heavy atom. The van der Waals surface area contributed by atoms with E-state index in [1.807, 2.05) is 4.68 Å². The van der Waals surface area contributed by atoms with Crippen LogP contribution in [0, 0.1) is 11.8 Å². The minimum Gasteiger partial charge on any atom is -0.327 e. The molecule has 0 aliphatic carbocycles. The Morgan fingerprint density at radius 2 is 2.28 bits per heavy atom. The largest absolute Gasteiger partial charge is 0.327 e. The highest BCUT2D eigenvalue weighted by molar-refractivity contribution is 4.88. The van der Waals surface area contributed by atoms with Crippen molar-refractivity contribution in [1.29, 1.82) is 0 Å². The maximum Gasteiger partial charge on any atom is 0.141 e. The van der Waals surface area contributed by atoms with Gasteiger partial charge in [-0.3, -0.25) is 4.90 Å². The summed E-state index contributed by atoms with van der Waals surface area (Å²) in [5, 5.41) is 4.31. The average molecular weight is 251 g/mol. The van der Waals surface area contributed by atoms with Crippen LogP contribution in [-0.2, 0) is 13.1 Å². The van der Waals surface area contributed by atoms with Crippen molar-refractivity contribution in [2.45, 2.75) is 46.3 Å². The third kappa shape index (κ3) is 3.29. The van der Waals surface area contributed by atoms with Crippen LogP contribution in [0.2, 0.25) is 0 Å². The fourth-order valence-corrected chi connectivity index (χ4v) is 2.50. The van der Waals surface area contributed by atoms with Crippen molar-refractivity contribution in [2.75, 3.05) is 13.1 Å². The van der Waals surface area contributed by atoms with Crippen LogP contribution in [0.4, 0.5) is 0 Å². The molecule has 0 spiro atoms. The summed E-state index contributed by atoms with van der Waals surface area (Å²) < 4.78 is 2.03. The molecule has 1 aliphatic rings. The van der Waals surface area contributed by atoms with Gasteiger partial charge in [0.2, 0.25) is 0 Å². The highest BCUT2D eigenvalue weighted by Crippen LogP contribution is 2.16. The van der Waals surface area contributed by atoms with Crippen molar-refractivity contribution in [3.8, 4) is 0 Å². The minimum absolute atomic E-state index is 0.356. The van der Waals surface area contributed by atoms with Gasteiger partial charge < -0.3 is 5.73 Å². The maximum absolute atomic E-state index is 6.05. The molecule has 0 bridgehead atoms. The van der Waals surface area contributed by atoms with E-state index in [0.717, 1.165) is 38.4 Å². The standard InChI is InChI=1S/C13H25N5/c1-10(2)6-18-13(15-9-16-18)8-17-5-4-12(14)11(3)7-17/h9-12H,4-8,14H2,1-3H3. The molecular formula is C13H25N5. The molecule has 102 valence electrons. The van der Waals surface area contributed by atoms with E-state index >= 15 is 0 Å². The zero-order valence-corrected chi connectivity index (χ0v) is 11.7. The highest BCUT2D eigenvalue weighted by atomic mass is 15.3. The number of hydrogen-bond acceptors (Lipinski definition) is 4. The van der Waals surface area contributed by atoms with Gasteiger partial charge in [-0.2, -0.15) is 5.10 Å². The van der Waals surface area contributed by atoms with E-state index in [2.05, 4.69) is 35.8 Å². The fraction of sp³-hybridized carbons (Fsp3) is 0.846. The van der Waals surface area contributed by atoms with Crippen LogP contribution in [0.5, 0.6) is 0 Å². The molecule has 2 rings (SSSR count). The van der Waals surface area contributed by atoms with E-state index in [9.17, 15) is 0 Å². The van der Waals surface area contributed by atoms with Crippen molar-refractivity contribution >= 4 is 0 Å². The van der Waals surface area contributed by atoms with Gasteiger partial charge in [-0.15, -0.1) is 0 Å². The summed E-state index contributed by atoms with van der Waals surface area (Å²) in [4.78, 5) is 6.83. The zero-order chi connectivity index (χ0) is 13.1. The first-order valence-corrected chi connectivity index (χ1v) is 6.91. The van der Waals surface area contributed by atoms with Crippen molar-refractivity contribution < 1.29 is 0 Å². The number of likely N-dealkylation sites (tertiary alicyclic amines) is 1. The number of nitrogens with zero attached hydrogens (tertiary/aromatic N) is 4. The van der Waals surface area contributed by atoms with Crippen LogP contribution in [0.1, 0.15) is 33.0 Å². The molecule has 0 saturated carbocycles. The van der Waals surface area contributed by atoms with Gasteiger partial charge in [0.05, 0.1) is 6.54 Å². The van der Waals surface area contributed by atoms with Crippen LogP contribution in [-0.4, -0.2) is 38.8 Å². The van der Waals surface area contributed by atoms with E-state index in [4.69, 9.17) is 5.73 Å². The lowest BCUT2D eigenvalue weighted by Gasteiger charge is -2.34. The second-order valence-electron chi connectivity index (χ2n) is 5.92. The Labute approximate surface area is 109 Å². The summed E-state index contributed by atoms with van der Waals surface area (Å²) in [6, 6.07) is 0.356. The average Bonchev–Trinajstić information content (AvgIpc) is 2.70. The molecule has 18 heavy (non-hydrogen) atoms. The van der Waals surface area contributed by atoms with Crippen molar-refractivity contribution in [3.63, 3.8) is 0 Å². The normalized spacial score (nSPS) is 25.8. The SMILES string of the molecule is CC(C)Cn1ncnc1CN1CCC(N)C(C)C1. The Hall–Kier alpha value is -0.940. The quantitative estimate of drug-likeness (QED) is 0.870. The van der Waals surface area contributed by atoms with Gasteiger partial charge in [0.15, 0.2) is 0 Å². The molecule has 2 unspecified atom stereocenters. The van der Waals surface area contributed by atoms with Crippen molar-refractivity contribution in [3.05, 3.63) is 12.2 Å². The third-order valence-corrected chi connectivity index (χ3v) is 3.65. The van der Waals surface area contributed by atoms with E-state index in [1.165, 1.54) is 0 Å². The third-order valence-electron chi connectivity index (χ3n) is 3.65. The van der Waals surface area contributed by atoms with Crippen LogP contribution in [0.3, 0.4) is 0 Å². The number of nitrogens with two attached hydrogens (primary N) is 1. The smallest absolute Gasteiger partial charge is 0.141 e. The number of piperidine rings is 1. The topological polar surface area (TPSA) is 60.0 Å². The van der Waals surface area contributed by atoms with Crippen molar-refractivity contribution in [2.24, 2.45) is 17.6 Å². The maximum atomic E-state index is 6.05. The summed E-state index contributed by atoms with van der Waals surface area (Å²) in [6.45, 7) is 10.6. The number of aromatic nitrogens is 3. The highest BCUT2D eigenvalue weighted by Gasteiger charge is 2.24. The first kappa shape index (κ1) is 13.5. The summed E-state index contributed by atoms with van der Waals surface area (Å²) in [5.74, 6) is 2.24. The summed E-state index contributed by atoms with van der Waals surface area (Å²) >= 11 is 0. The molecule has 5 nitrogen and oxygen atoms in total. The minimum atomic E-state index is 0.356. The molecule has 0 aromatic carbocycles. The lowest BCUT2D eigenvalue weighted by atomic mass is 9.95. The molecule has 2 atom stereocenters. The summed E-state index contributed by atoms with van der Waals surface area (Å²) in [6.07, 6.45) is 2.75. The van der Waals surface area contributed by atoms with Gasteiger partial charge in [0.1, 0.15) is 12.2 Å². The second kappa shape index (κ2) is 5.80. The van der Waals surface area contributed by atoms with Gasteiger partial charge >= 0.3 is 0 Å². The molecule has 0 radical (unpaired) electrons. The Morgan fingerprint density at radius 1 is 1.50 bits per heavy atom. The first-order chi connectivity index (χ1) is 8.56. The van der Waals surface area contributed by atoms with Gasteiger partial charge in [-0.25, -0.2) is 9.67 Å². The molecule has 0 amide bonds. The summed E-state index contributed by atoms with van der Waals surface area (Å²) in [5.41, 5.74) is 6.05. The first-order valence-electron chi connectivity index (χ1n) is 6.91. The van der Waals surface area contributed by atoms with Gasteiger partial charge in [-0.1, -0.05) is 20.8 Å². The van der Waals surface area contributed by atoms with Gasteiger partial charge in [-0.05, 0) is 18.3 Å². The van der Waals surface area contributed by atoms with Gasteiger partial charge in [0, 0.05) is 25.7 Å². The van der Waals surface area contributed by atoms with Crippen LogP contribution >= 0.6 is 0 Å².